The van der Waals surface area contributed by atoms with E-state index >= 15 is 0 Å². The van der Waals surface area contributed by atoms with E-state index in [1.807, 2.05) is 30.5 Å². The number of amides is 1. The van der Waals surface area contributed by atoms with Gasteiger partial charge in [0.15, 0.2) is 16.6 Å². The van der Waals surface area contributed by atoms with E-state index in [1.54, 1.807) is 0 Å². The molecule has 1 aliphatic heterocycles. The van der Waals surface area contributed by atoms with Crippen LogP contribution in [0.4, 0.5) is 5.13 Å². The van der Waals surface area contributed by atoms with E-state index in [0.29, 0.717) is 5.13 Å². The lowest BCUT2D eigenvalue weighted by Crippen LogP contribution is -2.51. The van der Waals surface area contributed by atoms with Crippen molar-refractivity contribution < 1.29 is 14.3 Å². The maximum absolute atomic E-state index is 12.6. The highest BCUT2D eigenvalue weighted by atomic mass is 32.1. The van der Waals surface area contributed by atoms with Crippen LogP contribution < -0.4 is 20.5 Å². The van der Waals surface area contributed by atoms with Crippen LogP contribution in [0.15, 0.2) is 23.6 Å². The number of nitrogens with zero attached hydrogens (tertiary/aromatic N) is 1. The molecule has 3 N–H and O–H groups in total. The highest BCUT2D eigenvalue weighted by Crippen LogP contribution is 2.37. The zero-order valence-corrected chi connectivity index (χ0v) is 14.9. The summed E-state index contributed by atoms with van der Waals surface area (Å²) in [4.78, 5) is 17.2. The minimum atomic E-state index is -0.445. The molecule has 0 spiro atoms. The fourth-order valence-electron chi connectivity index (χ4n) is 3.50. The molecule has 0 bridgehead atoms. The standard InChI is InChI=1S/C18H21N3O3S/c1-18(19)7-3-2-4-12(18)16(22)21-17-20-13(9-25-17)11-5-6-14-15(8-11)24-10-23-14/h5-6,8-9,12H,2-4,7,10,19H2,1H3,(H,20,21,22). The molecule has 132 valence electrons. The van der Waals surface area contributed by atoms with Crippen molar-refractivity contribution in [2.75, 3.05) is 12.1 Å². The number of benzene rings is 1. The van der Waals surface area contributed by atoms with Crippen molar-refractivity contribution >= 4 is 22.4 Å². The molecule has 2 atom stereocenters. The topological polar surface area (TPSA) is 86.5 Å². The summed E-state index contributed by atoms with van der Waals surface area (Å²) >= 11 is 1.41. The number of nitrogens with two attached hydrogens (primary N) is 1. The number of aromatic nitrogens is 1. The van der Waals surface area contributed by atoms with Gasteiger partial charge in [-0.2, -0.15) is 0 Å². The van der Waals surface area contributed by atoms with Crippen LogP contribution in [0.3, 0.4) is 0 Å². The summed E-state index contributed by atoms with van der Waals surface area (Å²) in [6, 6.07) is 5.71. The van der Waals surface area contributed by atoms with E-state index in [-0.39, 0.29) is 18.6 Å². The molecule has 0 radical (unpaired) electrons. The van der Waals surface area contributed by atoms with Gasteiger partial charge in [-0.1, -0.05) is 12.8 Å². The van der Waals surface area contributed by atoms with Gasteiger partial charge in [0.05, 0.1) is 11.6 Å². The van der Waals surface area contributed by atoms with Crippen molar-refractivity contribution in [1.82, 2.24) is 4.98 Å². The van der Waals surface area contributed by atoms with Gasteiger partial charge < -0.3 is 20.5 Å². The quantitative estimate of drug-likeness (QED) is 0.877. The average molecular weight is 359 g/mol. The Morgan fingerprint density at radius 1 is 1.36 bits per heavy atom. The van der Waals surface area contributed by atoms with Crippen molar-refractivity contribution in [3.63, 3.8) is 0 Å². The third-order valence-electron chi connectivity index (χ3n) is 4.97. The number of hydrogen-bond donors (Lipinski definition) is 2. The minimum Gasteiger partial charge on any atom is -0.454 e. The van der Waals surface area contributed by atoms with Gasteiger partial charge in [-0.15, -0.1) is 11.3 Å². The number of carbonyl (C=O) groups excluding carboxylic acids is 1. The first-order chi connectivity index (χ1) is 12.0. The predicted octanol–water partition coefficient (Wildman–Crippen LogP) is 3.38. The highest BCUT2D eigenvalue weighted by molar-refractivity contribution is 7.14. The molecule has 1 aliphatic carbocycles. The van der Waals surface area contributed by atoms with Gasteiger partial charge in [0.1, 0.15) is 0 Å². The molecule has 1 aromatic heterocycles. The van der Waals surface area contributed by atoms with Crippen LogP contribution in [0.5, 0.6) is 11.5 Å². The lowest BCUT2D eigenvalue weighted by Gasteiger charge is -2.36. The SMILES string of the molecule is CC1(N)CCCCC1C(=O)Nc1nc(-c2ccc3c(c2)OCO3)cs1. The van der Waals surface area contributed by atoms with Crippen LogP contribution in [0, 0.1) is 5.92 Å². The molecule has 1 amide bonds. The first kappa shape index (κ1) is 16.4. The van der Waals surface area contributed by atoms with Crippen molar-refractivity contribution in [3.05, 3.63) is 23.6 Å². The monoisotopic (exact) mass is 359 g/mol. The summed E-state index contributed by atoms with van der Waals surface area (Å²) in [6.07, 6.45) is 3.85. The van der Waals surface area contributed by atoms with Crippen molar-refractivity contribution in [3.8, 4) is 22.8 Å². The Labute approximate surface area is 150 Å². The molecule has 0 saturated heterocycles. The number of ether oxygens (including phenoxy) is 2. The molecule has 1 saturated carbocycles. The maximum Gasteiger partial charge on any atom is 0.231 e. The van der Waals surface area contributed by atoms with E-state index in [1.165, 1.54) is 11.3 Å². The van der Waals surface area contributed by atoms with E-state index in [9.17, 15) is 4.79 Å². The third-order valence-corrected chi connectivity index (χ3v) is 5.73. The molecule has 2 aromatic rings. The molecule has 6 nitrogen and oxygen atoms in total. The Kier molecular flexibility index (Phi) is 4.13. The van der Waals surface area contributed by atoms with E-state index in [4.69, 9.17) is 15.2 Å². The van der Waals surface area contributed by atoms with Gasteiger partial charge in [0, 0.05) is 16.5 Å². The molecular formula is C18H21N3O3S. The zero-order chi connectivity index (χ0) is 17.4. The largest absolute Gasteiger partial charge is 0.454 e. The van der Waals surface area contributed by atoms with Crippen LogP contribution in [0.1, 0.15) is 32.6 Å². The van der Waals surface area contributed by atoms with Crippen LogP contribution in [0.25, 0.3) is 11.3 Å². The average Bonchev–Trinajstić information content (AvgIpc) is 3.22. The van der Waals surface area contributed by atoms with Gasteiger partial charge in [0.2, 0.25) is 12.7 Å². The predicted molar refractivity (Wildman–Crippen MR) is 96.9 cm³/mol. The summed E-state index contributed by atoms with van der Waals surface area (Å²) in [5.41, 5.74) is 7.61. The van der Waals surface area contributed by atoms with Gasteiger partial charge in [0.25, 0.3) is 0 Å². The molecule has 1 aromatic carbocycles. The zero-order valence-electron chi connectivity index (χ0n) is 14.1. The lowest BCUT2D eigenvalue weighted by molar-refractivity contribution is -0.122. The second-order valence-corrected chi connectivity index (χ2v) is 7.76. The van der Waals surface area contributed by atoms with Crippen molar-refractivity contribution in [1.29, 1.82) is 0 Å². The minimum absolute atomic E-state index is 0.0312. The summed E-state index contributed by atoms with van der Waals surface area (Å²) in [5.74, 6) is 1.26. The number of anilines is 1. The number of rotatable bonds is 3. The molecular weight excluding hydrogens is 338 g/mol. The number of fused-ring (bicyclic) bond motifs is 1. The molecule has 1 fully saturated rings. The van der Waals surface area contributed by atoms with Crippen LogP contribution in [-0.2, 0) is 4.79 Å². The molecule has 2 aliphatic rings. The van der Waals surface area contributed by atoms with E-state index in [2.05, 4.69) is 10.3 Å². The van der Waals surface area contributed by atoms with Crippen LogP contribution in [0.2, 0.25) is 0 Å². The van der Waals surface area contributed by atoms with Gasteiger partial charge in [-0.05, 0) is 38.0 Å². The normalized spacial score (nSPS) is 25.0. The van der Waals surface area contributed by atoms with E-state index < -0.39 is 5.54 Å². The Hall–Kier alpha value is -2.12. The molecule has 2 unspecified atom stereocenters. The van der Waals surface area contributed by atoms with E-state index in [0.717, 1.165) is 48.4 Å². The number of hydrogen-bond acceptors (Lipinski definition) is 6. The summed E-state index contributed by atoms with van der Waals surface area (Å²) < 4.78 is 10.7. The highest BCUT2D eigenvalue weighted by Gasteiger charge is 2.38. The summed E-state index contributed by atoms with van der Waals surface area (Å²) in [7, 11) is 0. The Balaban J connectivity index is 1.49. The summed E-state index contributed by atoms with van der Waals surface area (Å²) in [6.45, 7) is 2.21. The molecule has 7 heteroatoms. The molecule has 2 heterocycles. The Bertz CT molecular complexity index is 803. The lowest BCUT2D eigenvalue weighted by atomic mass is 9.74. The Morgan fingerprint density at radius 3 is 3.04 bits per heavy atom. The molecule has 25 heavy (non-hydrogen) atoms. The first-order valence-electron chi connectivity index (χ1n) is 8.48. The van der Waals surface area contributed by atoms with Gasteiger partial charge >= 0.3 is 0 Å². The fraction of sp³-hybridized carbons (Fsp3) is 0.444. The third kappa shape index (κ3) is 3.21. The number of nitrogens with one attached hydrogen (secondary N) is 1. The number of carbonyl (C=O) groups is 1. The maximum atomic E-state index is 12.6. The smallest absolute Gasteiger partial charge is 0.231 e. The van der Waals surface area contributed by atoms with Crippen molar-refractivity contribution in [2.24, 2.45) is 11.7 Å². The van der Waals surface area contributed by atoms with Gasteiger partial charge in [-0.25, -0.2) is 4.98 Å². The van der Waals surface area contributed by atoms with Crippen LogP contribution >= 0.6 is 11.3 Å². The Morgan fingerprint density at radius 2 is 2.20 bits per heavy atom. The fourth-order valence-corrected chi connectivity index (χ4v) is 4.22. The first-order valence-corrected chi connectivity index (χ1v) is 9.36. The summed E-state index contributed by atoms with van der Waals surface area (Å²) in [5, 5.41) is 5.46. The second-order valence-electron chi connectivity index (χ2n) is 6.90. The number of thiazole rings is 1. The van der Waals surface area contributed by atoms with Crippen molar-refractivity contribution in [2.45, 2.75) is 38.1 Å². The van der Waals surface area contributed by atoms with Crippen LogP contribution in [-0.4, -0.2) is 23.2 Å². The van der Waals surface area contributed by atoms with Gasteiger partial charge in [-0.3, -0.25) is 4.79 Å². The molecule has 4 rings (SSSR count). The second kappa shape index (κ2) is 6.31.